The number of hydrogen-bond acceptors (Lipinski definition) is 2. The molecule has 0 heterocycles. The van der Waals surface area contributed by atoms with Gasteiger partial charge in [0, 0.05) is 6.04 Å². The zero-order valence-corrected chi connectivity index (χ0v) is 10.2. The maximum absolute atomic E-state index is 5.89. The molecule has 0 spiro atoms. The summed E-state index contributed by atoms with van der Waals surface area (Å²) in [6.07, 6.45) is 0. The fourth-order valence-corrected chi connectivity index (χ4v) is 1.80. The van der Waals surface area contributed by atoms with E-state index in [-0.39, 0.29) is 6.04 Å². The predicted octanol–water partition coefficient (Wildman–Crippen LogP) is 3.38. The van der Waals surface area contributed by atoms with Gasteiger partial charge < -0.3 is 10.5 Å². The van der Waals surface area contributed by atoms with E-state index in [1.807, 2.05) is 37.3 Å². The molecule has 0 aliphatic heterocycles. The van der Waals surface area contributed by atoms with Gasteiger partial charge in [-0.25, -0.2) is 0 Å². The number of hydrogen-bond donors (Lipinski definition) is 1. The van der Waals surface area contributed by atoms with Crippen molar-refractivity contribution in [1.82, 2.24) is 0 Å². The van der Waals surface area contributed by atoms with Crippen molar-refractivity contribution in [3.05, 3.63) is 54.1 Å². The van der Waals surface area contributed by atoms with Crippen LogP contribution in [0.2, 0.25) is 0 Å². The van der Waals surface area contributed by atoms with Crippen LogP contribution in [-0.4, -0.2) is 7.11 Å². The highest BCUT2D eigenvalue weighted by Crippen LogP contribution is 2.25. The van der Waals surface area contributed by atoms with E-state index in [0.717, 1.165) is 16.9 Å². The molecule has 2 aromatic rings. The summed E-state index contributed by atoms with van der Waals surface area (Å²) in [6, 6.07) is 16.4. The molecule has 0 amide bonds. The van der Waals surface area contributed by atoms with E-state index in [0.29, 0.717) is 0 Å². The Balaban J connectivity index is 2.41. The average Bonchev–Trinajstić information content (AvgIpc) is 2.39. The fourth-order valence-electron chi connectivity index (χ4n) is 1.80. The molecule has 0 fully saturated rings. The number of benzene rings is 2. The molecule has 2 heteroatoms. The summed E-state index contributed by atoms with van der Waals surface area (Å²) in [7, 11) is 1.68. The van der Waals surface area contributed by atoms with Crippen LogP contribution >= 0.6 is 0 Å². The van der Waals surface area contributed by atoms with Gasteiger partial charge in [0.25, 0.3) is 0 Å². The molecule has 2 N–H and O–H groups in total. The molecule has 0 aliphatic rings. The van der Waals surface area contributed by atoms with Gasteiger partial charge in [-0.3, -0.25) is 0 Å². The maximum Gasteiger partial charge on any atom is 0.119 e. The number of rotatable bonds is 3. The summed E-state index contributed by atoms with van der Waals surface area (Å²) in [5.41, 5.74) is 9.35. The summed E-state index contributed by atoms with van der Waals surface area (Å²) >= 11 is 0. The highest BCUT2D eigenvalue weighted by molar-refractivity contribution is 5.65. The quantitative estimate of drug-likeness (QED) is 0.872. The molecule has 0 bridgehead atoms. The van der Waals surface area contributed by atoms with Crippen LogP contribution in [0.3, 0.4) is 0 Å². The van der Waals surface area contributed by atoms with Gasteiger partial charge in [0.2, 0.25) is 0 Å². The first-order valence-electron chi connectivity index (χ1n) is 5.70. The van der Waals surface area contributed by atoms with Crippen LogP contribution < -0.4 is 10.5 Å². The minimum absolute atomic E-state index is 0.0561. The molecule has 0 saturated heterocycles. The zero-order chi connectivity index (χ0) is 12.3. The Hall–Kier alpha value is -1.80. The Labute approximate surface area is 102 Å². The molecular formula is C15H17NO. The van der Waals surface area contributed by atoms with Gasteiger partial charge >= 0.3 is 0 Å². The first kappa shape index (κ1) is 11.7. The Bertz CT molecular complexity index is 506. The van der Waals surface area contributed by atoms with Crippen molar-refractivity contribution in [1.29, 1.82) is 0 Å². The van der Waals surface area contributed by atoms with Gasteiger partial charge in [0.05, 0.1) is 7.11 Å². The van der Waals surface area contributed by atoms with Crippen molar-refractivity contribution in [3.63, 3.8) is 0 Å². The molecule has 2 rings (SSSR count). The first-order valence-corrected chi connectivity index (χ1v) is 5.70. The van der Waals surface area contributed by atoms with Crippen molar-refractivity contribution in [2.24, 2.45) is 5.73 Å². The van der Waals surface area contributed by atoms with Gasteiger partial charge in [-0.15, -0.1) is 0 Å². The lowest BCUT2D eigenvalue weighted by Gasteiger charge is -2.09. The largest absolute Gasteiger partial charge is 0.497 e. The van der Waals surface area contributed by atoms with Gasteiger partial charge in [0.15, 0.2) is 0 Å². The number of nitrogens with two attached hydrogens (primary N) is 1. The summed E-state index contributed by atoms with van der Waals surface area (Å²) in [6.45, 7) is 1.99. The average molecular weight is 227 g/mol. The standard InChI is InChI=1S/C15H17NO/c1-11(16)12-5-3-6-13(9-12)14-7-4-8-15(10-14)17-2/h3-11H,16H2,1-2H3/t11-/m0/s1. The minimum Gasteiger partial charge on any atom is -0.497 e. The van der Waals surface area contributed by atoms with E-state index in [9.17, 15) is 0 Å². The molecule has 0 aromatic heterocycles. The number of ether oxygens (including phenoxy) is 1. The monoisotopic (exact) mass is 227 g/mol. The second kappa shape index (κ2) is 5.02. The fraction of sp³-hybridized carbons (Fsp3) is 0.200. The predicted molar refractivity (Wildman–Crippen MR) is 71.0 cm³/mol. The van der Waals surface area contributed by atoms with E-state index < -0.39 is 0 Å². The molecule has 88 valence electrons. The van der Waals surface area contributed by atoms with E-state index in [1.54, 1.807) is 7.11 Å². The van der Waals surface area contributed by atoms with Gasteiger partial charge in [-0.05, 0) is 41.8 Å². The van der Waals surface area contributed by atoms with Crippen molar-refractivity contribution >= 4 is 0 Å². The normalized spacial score (nSPS) is 12.2. The van der Waals surface area contributed by atoms with Crippen LogP contribution in [0.15, 0.2) is 48.5 Å². The molecular weight excluding hydrogens is 210 g/mol. The van der Waals surface area contributed by atoms with Crippen molar-refractivity contribution in [2.75, 3.05) is 7.11 Å². The van der Waals surface area contributed by atoms with E-state index in [2.05, 4.69) is 18.2 Å². The highest BCUT2D eigenvalue weighted by Gasteiger charge is 2.03. The van der Waals surface area contributed by atoms with E-state index in [1.165, 1.54) is 5.56 Å². The first-order chi connectivity index (χ1) is 8.20. The molecule has 17 heavy (non-hydrogen) atoms. The summed E-state index contributed by atoms with van der Waals surface area (Å²) < 4.78 is 5.23. The molecule has 0 unspecified atom stereocenters. The van der Waals surface area contributed by atoms with Gasteiger partial charge in [-0.1, -0.05) is 30.3 Å². The highest BCUT2D eigenvalue weighted by atomic mass is 16.5. The van der Waals surface area contributed by atoms with Crippen LogP contribution in [0.4, 0.5) is 0 Å². The minimum atomic E-state index is 0.0561. The molecule has 0 saturated carbocycles. The Morgan fingerprint density at radius 3 is 2.29 bits per heavy atom. The lowest BCUT2D eigenvalue weighted by atomic mass is 10.0. The van der Waals surface area contributed by atoms with E-state index in [4.69, 9.17) is 10.5 Å². The summed E-state index contributed by atoms with van der Waals surface area (Å²) in [5.74, 6) is 0.869. The second-order valence-electron chi connectivity index (χ2n) is 4.15. The smallest absolute Gasteiger partial charge is 0.119 e. The zero-order valence-electron chi connectivity index (χ0n) is 10.2. The lowest BCUT2D eigenvalue weighted by molar-refractivity contribution is 0.415. The van der Waals surface area contributed by atoms with Crippen LogP contribution in [-0.2, 0) is 0 Å². The Morgan fingerprint density at radius 2 is 1.65 bits per heavy atom. The van der Waals surface area contributed by atoms with Gasteiger partial charge in [-0.2, -0.15) is 0 Å². The maximum atomic E-state index is 5.89. The molecule has 2 aromatic carbocycles. The Kier molecular flexibility index (Phi) is 3.45. The molecule has 0 aliphatic carbocycles. The Morgan fingerprint density at radius 1 is 1.00 bits per heavy atom. The number of methoxy groups -OCH3 is 1. The molecule has 0 radical (unpaired) electrons. The SMILES string of the molecule is COc1cccc(-c2cccc([C@H](C)N)c2)c1. The second-order valence-corrected chi connectivity index (χ2v) is 4.15. The third kappa shape index (κ3) is 2.66. The molecule has 2 nitrogen and oxygen atoms in total. The topological polar surface area (TPSA) is 35.2 Å². The van der Waals surface area contributed by atoms with Crippen LogP contribution in [0.25, 0.3) is 11.1 Å². The van der Waals surface area contributed by atoms with Crippen molar-refractivity contribution < 1.29 is 4.74 Å². The lowest BCUT2D eigenvalue weighted by Crippen LogP contribution is -2.04. The van der Waals surface area contributed by atoms with Crippen LogP contribution in [0.1, 0.15) is 18.5 Å². The van der Waals surface area contributed by atoms with Crippen molar-refractivity contribution in [2.45, 2.75) is 13.0 Å². The van der Waals surface area contributed by atoms with E-state index >= 15 is 0 Å². The van der Waals surface area contributed by atoms with Crippen LogP contribution in [0.5, 0.6) is 5.75 Å². The third-order valence-corrected chi connectivity index (χ3v) is 2.82. The van der Waals surface area contributed by atoms with Crippen molar-refractivity contribution in [3.8, 4) is 16.9 Å². The van der Waals surface area contributed by atoms with Gasteiger partial charge in [0.1, 0.15) is 5.75 Å². The van der Waals surface area contributed by atoms with Crippen LogP contribution in [0, 0.1) is 0 Å². The molecule has 1 atom stereocenters. The third-order valence-electron chi connectivity index (χ3n) is 2.82. The summed E-state index contributed by atoms with van der Waals surface area (Å²) in [4.78, 5) is 0. The summed E-state index contributed by atoms with van der Waals surface area (Å²) in [5, 5.41) is 0.